The van der Waals surface area contributed by atoms with E-state index in [0.29, 0.717) is 16.7 Å². The molecule has 0 unspecified atom stereocenters. The first kappa shape index (κ1) is 25.9. The largest absolute Gasteiger partial charge is 0.445 e. The fourth-order valence-electron chi connectivity index (χ4n) is 3.73. The predicted octanol–water partition coefficient (Wildman–Crippen LogP) is 6.13. The summed E-state index contributed by atoms with van der Waals surface area (Å²) in [6.07, 6.45) is 9.07. The first-order valence-electron chi connectivity index (χ1n) is 11.8. The quantitative estimate of drug-likeness (QED) is 0.246. The van der Waals surface area contributed by atoms with Gasteiger partial charge in [0.2, 0.25) is 5.95 Å². The van der Waals surface area contributed by atoms with Gasteiger partial charge >= 0.3 is 6.09 Å². The van der Waals surface area contributed by atoms with Crippen LogP contribution in [0.2, 0.25) is 5.02 Å². The summed E-state index contributed by atoms with van der Waals surface area (Å²) in [7, 11) is 0. The summed E-state index contributed by atoms with van der Waals surface area (Å²) in [5.41, 5.74) is 3.82. The third-order valence-electron chi connectivity index (χ3n) is 5.80. The van der Waals surface area contributed by atoms with Crippen molar-refractivity contribution in [2.45, 2.75) is 32.4 Å². The summed E-state index contributed by atoms with van der Waals surface area (Å²) in [5.74, 6) is 0.446. The second-order valence-corrected chi connectivity index (χ2v) is 9.38. The Morgan fingerprint density at radius 3 is 2.59 bits per heavy atom. The van der Waals surface area contributed by atoms with E-state index in [1.54, 1.807) is 12.4 Å². The van der Waals surface area contributed by atoms with Crippen molar-refractivity contribution in [2.24, 2.45) is 0 Å². The molecule has 9 heteroatoms. The standard InChI is InChI=1S/C28H29ClN6O2/c1-4-17-37-27(36)34-28(2,3)22-9-7-21(8-10-22)25-24(29)18-31-26(33-25)32-23-11-5-20(6-12-23)13-15-35-16-14-30-19-35/h4-12,14,16,18-19H,1,13,15,17H2,2-3H3,(H,34,36)(H,31,32,33). The van der Waals surface area contributed by atoms with Crippen LogP contribution in [0, 0.1) is 0 Å². The highest BCUT2D eigenvalue weighted by Gasteiger charge is 2.23. The molecule has 2 aromatic carbocycles. The molecule has 0 aliphatic heterocycles. The first-order chi connectivity index (χ1) is 17.8. The van der Waals surface area contributed by atoms with Gasteiger partial charge in [0.15, 0.2) is 0 Å². The van der Waals surface area contributed by atoms with Crippen LogP contribution in [-0.4, -0.2) is 32.2 Å². The number of amides is 1. The summed E-state index contributed by atoms with van der Waals surface area (Å²) < 4.78 is 7.09. The van der Waals surface area contributed by atoms with E-state index in [-0.39, 0.29) is 6.61 Å². The van der Waals surface area contributed by atoms with Crippen LogP contribution < -0.4 is 10.6 Å². The van der Waals surface area contributed by atoms with Crippen molar-refractivity contribution in [3.05, 3.63) is 102 Å². The Morgan fingerprint density at radius 1 is 1.16 bits per heavy atom. The van der Waals surface area contributed by atoms with Crippen LogP contribution in [0.3, 0.4) is 0 Å². The highest BCUT2D eigenvalue weighted by molar-refractivity contribution is 6.32. The number of benzene rings is 2. The average molecular weight is 517 g/mol. The van der Waals surface area contributed by atoms with Gasteiger partial charge in [-0.15, -0.1) is 0 Å². The molecule has 0 radical (unpaired) electrons. The Balaban J connectivity index is 1.43. The van der Waals surface area contributed by atoms with Gasteiger partial charge < -0.3 is 19.9 Å². The second kappa shape index (κ2) is 11.7. The zero-order chi connectivity index (χ0) is 26.3. The van der Waals surface area contributed by atoms with Crippen LogP contribution in [0.1, 0.15) is 25.0 Å². The molecule has 4 aromatic rings. The van der Waals surface area contributed by atoms with Crippen molar-refractivity contribution in [3.63, 3.8) is 0 Å². The van der Waals surface area contributed by atoms with Crippen LogP contribution >= 0.6 is 11.6 Å². The maximum atomic E-state index is 12.0. The number of rotatable bonds is 10. The lowest BCUT2D eigenvalue weighted by molar-refractivity contribution is 0.147. The number of imidazole rings is 1. The average Bonchev–Trinajstić information content (AvgIpc) is 3.42. The van der Waals surface area contributed by atoms with E-state index in [1.807, 2.05) is 62.8 Å². The van der Waals surface area contributed by atoms with Crippen molar-refractivity contribution in [1.82, 2.24) is 24.8 Å². The smallest absolute Gasteiger partial charge is 0.408 e. The minimum atomic E-state index is -0.635. The molecular formula is C28H29ClN6O2. The number of aryl methyl sites for hydroxylation is 2. The lowest BCUT2D eigenvalue weighted by Crippen LogP contribution is -2.41. The zero-order valence-corrected chi connectivity index (χ0v) is 21.6. The highest BCUT2D eigenvalue weighted by Crippen LogP contribution is 2.29. The molecule has 2 heterocycles. The summed E-state index contributed by atoms with van der Waals surface area (Å²) in [5, 5.41) is 6.55. The van der Waals surface area contributed by atoms with E-state index >= 15 is 0 Å². The number of nitrogens with zero attached hydrogens (tertiary/aromatic N) is 4. The van der Waals surface area contributed by atoms with Crippen LogP contribution in [0.5, 0.6) is 0 Å². The lowest BCUT2D eigenvalue weighted by Gasteiger charge is -2.26. The van der Waals surface area contributed by atoms with E-state index in [9.17, 15) is 4.79 Å². The summed E-state index contributed by atoms with van der Waals surface area (Å²) >= 11 is 6.44. The molecule has 0 fully saturated rings. The monoisotopic (exact) mass is 516 g/mol. The van der Waals surface area contributed by atoms with Gasteiger partial charge in [0, 0.05) is 30.2 Å². The SMILES string of the molecule is C=CCOC(=O)NC(C)(C)c1ccc(-c2nc(Nc3ccc(CCn4ccnc4)cc3)ncc2Cl)cc1. The molecule has 2 N–H and O–H groups in total. The number of hydrogen-bond acceptors (Lipinski definition) is 6. The molecule has 1 amide bonds. The number of alkyl carbamates (subject to hydrolysis) is 1. The van der Waals surface area contributed by atoms with Crippen molar-refractivity contribution in [3.8, 4) is 11.3 Å². The molecule has 0 saturated heterocycles. The zero-order valence-electron chi connectivity index (χ0n) is 20.8. The van der Waals surface area contributed by atoms with Crippen molar-refractivity contribution in [1.29, 1.82) is 0 Å². The number of anilines is 2. The molecule has 8 nitrogen and oxygen atoms in total. The molecule has 37 heavy (non-hydrogen) atoms. The number of carbonyl (C=O) groups excluding carboxylic acids is 1. The van der Waals surface area contributed by atoms with Gasteiger partial charge in [-0.1, -0.05) is 60.7 Å². The van der Waals surface area contributed by atoms with E-state index in [4.69, 9.17) is 16.3 Å². The number of hydrogen-bond donors (Lipinski definition) is 2. The third kappa shape index (κ3) is 6.95. The molecule has 190 valence electrons. The van der Waals surface area contributed by atoms with Gasteiger partial charge in [0.1, 0.15) is 6.61 Å². The fraction of sp³-hybridized carbons (Fsp3) is 0.214. The summed E-state index contributed by atoms with van der Waals surface area (Å²) in [6, 6.07) is 15.9. The van der Waals surface area contributed by atoms with E-state index in [2.05, 4.69) is 48.9 Å². The Kier molecular flexibility index (Phi) is 8.20. The maximum Gasteiger partial charge on any atom is 0.408 e. The van der Waals surface area contributed by atoms with Crippen LogP contribution in [-0.2, 0) is 23.2 Å². The van der Waals surface area contributed by atoms with Crippen molar-refractivity contribution < 1.29 is 9.53 Å². The minimum Gasteiger partial charge on any atom is -0.445 e. The van der Waals surface area contributed by atoms with Gasteiger partial charge in [-0.05, 0) is 43.5 Å². The van der Waals surface area contributed by atoms with Crippen molar-refractivity contribution in [2.75, 3.05) is 11.9 Å². The number of nitrogens with one attached hydrogen (secondary N) is 2. The Bertz CT molecular complexity index is 1340. The second-order valence-electron chi connectivity index (χ2n) is 8.98. The van der Waals surface area contributed by atoms with Gasteiger partial charge in [-0.3, -0.25) is 0 Å². The number of aromatic nitrogens is 4. The van der Waals surface area contributed by atoms with E-state index in [1.165, 1.54) is 11.6 Å². The Hall–Kier alpha value is -4.17. The Morgan fingerprint density at radius 2 is 1.92 bits per heavy atom. The third-order valence-corrected chi connectivity index (χ3v) is 6.08. The van der Waals surface area contributed by atoms with E-state index in [0.717, 1.165) is 29.8 Å². The van der Waals surface area contributed by atoms with Gasteiger partial charge in [-0.25, -0.2) is 19.7 Å². The van der Waals surface area contributed by atoms with Gasteiger partial charge in [-0.2, -0.15) is 0 Å². The normalized spacial score (nSPS) is 11.1. The minimum absolute atomic E-state index is 0.153. The lowest BCUT2D eigenvalue weighted by atomic mass is 9.93. The molecule has 2 aromatic heterocycles. The van der Waals surface area contributed by atoms with Crippen LogP contribution in [0.25, 0.3) is 11.3 Å². The highest BCUT2D eigenvalue weighted by atomic mass is 35.5. The van der Waals surface area contributed by atoms with Gasteiger partial charge in [0.25, 0.3) is 0 Å². The molecule has 4 rings (SSSR count). The maximum absolute atomic E-state index is 12.0. The molecule has 0 aliphatic rings. The number of carbonyl (C=O) groups is 1. The first-order valence-corrected chi connectivity index (χ1v) is 12.2. The van der Waals surface area contributed by atoms with E-state index < -0.39 is 11.6 Å². The van der Waals surface area contributed by atoms with Crippen LogP contribution in [0.4, 0.5) is 16.4 Å². The molecule has 0 saturated carbocycles. The predicted molar refractivity (Wildman–Crippen MR) is 146 cm³/mol. The molecule has 0 spiro atoms. The van der Waals surface area contributed by atoms with Crippen LogP contribution in [0.15, 0.2) is 86.1 Å². The Labute approximate surface area is 221 Å². The number of halogens is 1. The fourth-order valence-corrected chi connectivity index (χ4v) is 3.93. The number of ether oxygens (including phenoxy) is 1. The molecule has 0 atom stereocenters. The van der Waals surface area contributed by atoms with Crippen molar-refractivity contribution >= 4 is 29.3 Å². The topological polar surface area (TPSA) is 94.0 Å². The molecular weight excluding hydrogens is 488 g/mol. The summed E-state index contributed by atoms with van der Waals surface area (Å²) in [4.78, 5) is 25.0. The summed E-state index contributed by atoms with van der Waals surface area (Å²) in [6.45, 7) is 8.38. The molecule has 0 bridgehead atoms. The molecule has 0 aliphatic carbocycles. The van der Waals surface area contributed by atoms with Gasteiger partial charge in [0.05, 0.1) is 28.8 Å².